The van der Waals surface area contributed by atoms with Gasteiger partial charge in [0.05, 0.1) is 4.92 Å². The first-order valence-electron chi connectivity index (χ1n) is 6.17. The van der Waals surface area contributed by atoms with E-state index < -0.39 is 4.92 Å². The molecule has 1 N–H and O–H groups in total. The average molecular weight is 273 g/mol. The lowest BCUT2D eigenvalue weighted by Crippen LogP contribution is -2.15. The quantitative estimate of drug-likeness (QED) is 0.665. The lowest BCUT2D eigenvalue weighted by atomic mass is 10.3. The van der Waals surface area contributed by atoms with E-state index in [1.165, 1.54) is 6.33 Å². The molecule has 0 spiro atoms. The molecular formula is C13H15N5O2. The molecule has 0 atom stereocenters. The van der Waals surface area contributed by atoms with Gasteiger partial charge in [-0.2, -0.15) is 0 Å². The Morgan fingerprint density at radius 3 is 2.60 bits per heavy atom. The fourth-order valence-electron chi connectivity index (χ4n) is 1.85. The Morgan fingerprint density at radius 2 is 2.00 bits per heavy atom. The van der Waals surface area contributed by atoms with Crippen LogP contribution in [0.1, 0.15) is 6.92 Å². The number of nitrogens with one attached hydrogen (secondary N) is 1. The topological polar surface area (TPSA) is 84.2 Å². The summed E-state index contributed by atoms with van der Waals surface area (Å²) in [6.07, 6.45) is 1.32. The molecule has 7 heteroatoms. The van der Waals surface area contributed by atoms with Crippen molar-refractivity contribution in [1.29, 1.82) is 0 Å². The van der Waals surface area contributed by atoms with Crippen LogP contribution in [0.2, 0.25) is 0 Å². The summed E-state index contributed by atoms with van der Waals surface area (Å²) in [6, 6.07) is 9.33. The van der Waals surface area contributed by atoms with Crippen molar-refractivity contribution >= 4 is 23.0 Å². The van der Waals surface area contributed by atoms with Crippen molar-refractivity contribution < 1.29 is 4.92 Å². The zero-order valence-corrected chi connectivity index (χ0v) is 11.3. The van der Waals surface area contributed by atoms with Gasteiger partial charge in [-0.25, -0.2) is 9.97 Å². The maximum atomic E-state index is 11.3. The van der Waals surface area contributed by atoms with Gasteiger partial charge in [-0.3, -0.25) is 10.1 Å². The van der Waals surface area contributed by atoms with Crippen LogP contribution in [-0.4, -0.2) is 28.5 Å². The SMILES string of the molecule is CCNc1ncnc(N(C)c2ccccc2)c1[N+](=O)[O-]. The number of nitro groups is 1. The van der Waals surface area contributed by atoms with Crippen LogP contribution in [0.3, 0.4) is 0 Å². The molecule has 0 unspecified atom stereocenters. The van der Waals surface area contributed by atoms with Crippen LogP contribution in [0.4, 0.5) is 23.0 Å². The van der Waals surface area contributed by atoms with E-state index in [4.69, 9.17) is 0 Å². The van der Waals surface area contributed by atoms with Gasteiger partial charge in [-0.05, 0) is 19.1 Å². The first-order valence-corrected chi connectivity index (χ1v) is 6.17. The number of anilines is 3. The van der Waals surface area contributed by atoms with E-state index >= 15 is 0 Å². The predicted octanol–water partition coefficient (Wildman–Crippen LogP) is 2.58. The van der Waals surface area contributed by atoms with E-state index in [-0.39, 0.29) is 17.3 Å². The molecule has 2 rings (SSSR count). The lowest BCUT2D eigenvalue weighted by Gasteiger charge is -2.18. The highest BCUT2D eigenvalue weighted by Gasteiger charge is 2.25. The molecule has 20 heavy (non-hydrogen) atoms. The van der Waals surface area contributed by atoms with E-state index in [1.54, 1.807) is 11.9 Å². The number of para-hydroxylation sites is 1. The number of hydrogen-bond donors (Lipinski definition) is 1. The molecule has 0 saturated carbocycles. The summed E-state index contributed by atoms with van der Waals surface area (Å²) < 4.78 is 0. The fourth-order valence-corrected chi connectivity index (χ4v) is 1.85. The Labute approximate surface area is 116 Å². The van der Waals surface area contributed by atoms with Crippen LogP contribution in [0.5, 0.6) is 0 Å². The molecule has 0 aliphatic carbocycles. The average Bonchev–Trinajstić information content (AvgIpc) is 2.47. The molecule has 0 radical (unpaired) electrons. The molecule has 7 nitrogen and oxygen atoms in total. The summed E-state index contributed by atoms with van der Waals surface area (Å²) in [4.78, 5) is 20.5. The van der Waals surface area contributed by atoms with Crippen molar-refractivity contribution in [2.24, 2.45) is 0 Å². The van der Waals surface area contributed by atoms with E-state index in [1.807, 2.05) is 37.3 Å². The summed E-state index contributed by atoms with van der Waals surface area (Å²) in [5, 5.41) is 14.2. The van der Waals surface area contributed by atoms with Gasteiger partial charge in [-0.1, -0.05) is 18.2 Å². The molecule has 0 aliphatic heterocycles. The van der Waals surface area contributed by atoms with Crippen molar-refractivity contribution in [1.82, 2.24) is 9.97 Å². The molecule has 104 valence electrons. The molecule has 0 bridgehead atoms. The third-order valence-corrected chi connectivity index (χ3v) is 2.79. The second-order valence-corrected chi connectivity index (χ2v) is 4.08. The van der Waals surface area contributed by atoms with Crippen LogP contribution in [0, 0.1) is 10.1 Å². The normalized spacial score (nSPS) is 10.1. The van der Waals surface area contributed by atoms with Gasteiger partial charge in [0, 0.05) is 19.3 Å². The third kappa shape index (κ3) is 2.66. The number of hydrogen-bond acceptors (Lipinski definition) is 6. The van der Waals surface area contributed by atoms with Gasteiger partial charge in [0.25, 0.3) is 0 Å². The van der Waals surface area contributed by atoms with Crippen molar-refractivity contribution in [2.45, 2.75) is 6.92 Å². The molecule has 1 heterocycles. The van der Waals surface area contributed by atoms with Crippen molar-refractivity contribution in [3.8, 4) is 0 Å². The summed E-state index contributed by atoms with van der Waals surface area (Å²) in [7, 11) is 1.74. The highest BCUT2D eigenvalue weighted by molar-refractivity contribution is 5.75. The van der Waals surface area contributed by atoms with E-state index in [0.29, 0.717) is 6.54 Å². The molecule has 0 saturated heterocycles. The fraction of sp³-hybridized carbons (Fsp3) is 0.231. The predicted molar refractivity (Wildman–Crippen MR) is 77.4 cm³/mol. The minimum atomic E-state index is -0.466. The Hall–Kier alpha value is -2.70. The first kappa shape index (κ1) is 13.7. The molecular weight excluding hydrogens is 258 g/mol. The zero-order valence-electron chi connectivity index (χ0n) is 11.3. The highest BCUT2D eigenvalue weighted by Crippen LogP contribution is 2.34. The van der Waals surface area contributed by atoms with Gasteiger partial charge in [0.1, 0.15) is 6.33 Å². The van der Waals surface area contributed by atoms with Gasteiger partial charge < -0.3 is 10.2 Å². The molecule has 1 aromatic carbocycles. The van der Waals surface area contributed by atoms with Gasteiger partial charge in [0.15, 0.2) is 0 Å². The Kier molecular flexibility index (Phi) is 4.09. The van der Waals surface area contributed by atoms with Crippen LogP contribution < -0.4 is 10.2 Å². The minimum absolute atomic E-state index is 0.124. The monoisotopic (exact) mass is 273 g/mol. The van der Waals surface area contributed by atoms with Gasteiger partial charge >= 0.3 is 5.69 Å². The van der Waals surface area contributed by atoms with E-state index in [0.717, 1.165) is 5.69 Å². The Bertz CT molecular complexity index is 603. The number of nitrogens with zero attached hydrogens (tertiary/aromatic N) is 4. The van der Waals surface area contributed by atoms with Crippen LogP contribution in [0.25, 0.3) is 0 Å². The largest absolute Gasteiger partial charge is 0.364 e. The summed E-state index contributed by atoms with van der Waals surface area (Å²) >= 11 is 0. The maximum absolute atomic E-state index is 11.3. The zero-order chi connectivity index (χ0) is 14.5. The summed E-state index contributed by atoms with van der Waals surface area (Å²) in [5.74, 6) is 0.484. The Morgan fingerprint density at radius 1 is 1.30 bits per heavy atom. The summed E-state index contributed by atoms with van der Waals surface area (Å²) in [6.45, 7) is 2.40. The van der Waals surface area contributed by atoms with E-state index in [9.17, 15) is 10.1 Å². The third-order valence-electron chi connectivity index (χ3n) is 2.79. The second-order valence-electron chi connectivity index (χ2n) is 4.08. The number of aromatic nitrogens is 2. The van der Waals surface area contributed by atoms with Crippen LogP contribution in [-0.2, 0) is 0 Å². The van der Waals surface area contributed by atoms with Gasteiger partial charge in [-0.15, -0.1) is 0 Å². The van der Waals surface area contributed by atoms with Crippen LogP contribution >= 0.6 is 0 Å². The molecule has 0 fully saturated rings. The first-order chi connectivity index (χ1) is 9.65. The minimum Gasteiger partial charge on any atom is -0.364 e. The van der Waals surface area contributed by atoms with Crippen LogP contribution in [0.15, 0.2) is 36.7 Å². The smallest absolute Gasteiger partial charge is 0.353 e. The Balaban J connectivity index is 2.51. The molecule has 0 aliphatic rings. The van der Waals surface area contributed by atoms with E-state index in [2.05, 4.69) is 15.3 Å². The van der Waals surface area contributed by atoms with Gasteiger partial charge in [0.2, 0.25) is 11.6 Å². The second kappa shape index (κ2) is 5.96. The molecule has 2 aromatic rings. The standard InChI is InChI=1S/C13H15N5O2/c1-3-14-12-11(18(19)20)13(16-9-15-12)17(2)10-7-5-4-6-8-10/h4-9H,3H2,1-2H3,(H,14,15,16). The maximum Gasteiger partial charge on any atom is 0.353 e. The van der Waals surface area contributed by atoms with Crippen molar-refractivity contribution in [2.75, 3.05) is 23.8 Å². The lowest BCUT2D eigenvalue weighted by molar-refractivity contribution is -0.383. The number of rotatable bonds is 5. The molecule has 0 amide bonds. The van der Waals surface area contributed by atoms with Crippen molar-refractivity contribution in [3.63, 3.8) is 0 Å². The highest BCUT2D eigenvalue weighted by atomic mass is 16.6. The van der Waals surface area contributed by atoms with Crippen molar-refractivity contribution in [3.05, 3.63) is 46.8 Å². The number of benzene rings is 1. The molecule has 1 aromatic heterocycles. The summed E-state index contributed by atoms with van der Waals surface area (Å²) in [5.41, 5.74) is 0.692.